The number of fused-ring (bicyclic) bond motifs is 1. The van der Waals surface area contributed by atoms with Gasteiger partial charge in [-0.3, -0.25) is 0 Å². The molecule has 0 fully saturated rings. The van der Waals surface area contributed by atoms with Crippen molar-refractivity contribution < 1.29 is 0 Å². The summed E-state index contributed by atoms with van der Waals surface area (Å²) < 4.78 is 0.942. The number of rotatable bonds is 0. The maximum absolute atomic E-state index is 10.8. The van der Waals surface area contributed by atoms with Gasteiger partial charge in [-0.15, -0.1) is 0 Å². The average Bonchev–Trinajstić information content (AvgIpc) is 2.03. The van der Waals surface area contributed by atoms with Crippen molar-refractivity contribution in [3.63, 3.8) is 0 Å². The third kappa shape index (κ3) is 1.25. The van der Waals surface area contributed by atoms with Crippen LogP contribution in [0, 0.1) is 0 Å². The molecule has 0 bridgehead atoms. The molecular weight excluding hydrogens is 220 g/mol. The van der Waals surface area contributed by atoms with Gasteiger partial charge in [-0.05, 0) is 12.1 Å². The molecule has 0 unspecified atom stereocenters. The number of hydrogen-bond donors (Lipinski definition) is 1. The molecule has 0 aliphatic rings. The van der Waals surface area contributed by atoms with Gasteiger partial charge in [0.1, 0.15) is 0 Å². The van der Waals surface area contributed by atoms with Gasteiger partial charge in [0, 0.05) is 16.1 Å². The number of halogens is 1. The summed E-state index contributed by atoms with van der Waals surface area (Å²) >= 11 is 3.31. The molecule has 0 saturated carbocycles. The first-order valence-corrected chi connectivity index (χ1v) is 4.19. The van der Waals surface area contributed by atoms with Gasteiger partial charge in [0.05, 0.1) is 5.52 Å². The topological polar surface area (TPSA) is 45.8 Å². The molecule has 0 atom stereocenters. The summed E-state index contributed by atoms with van der Waals surface area (Å²) in [5.74, 6) is 0. The highest BCUT2D eigenvalue weighted by atomic mass is 79.9. The monoisotopic (exact) mass is 224 g/mol. The van der Waals surface area contributed by atoms with E-state index in [2.05, 4.69) is 25.9 Å². The van der Waals surface area contributed by atoms with E-state index in [1.54, 1.807) is 6.20 Å². The van der Waals surface area contributed by atoms with Gasteiger partial charge in [-0.1, -0.05) is 22.0 Å². The third-order valence-corrected chi connectivity index (χ3v) is 2.07. The van der Waals surface area contributed by atoms with Gasteiger partial charge in [0.2, 0.25) is 0 Å². The van der Waals surface area contributed by atoms with Gasteiger partial charge < -0.3 is 4.98 Å². The molecule has 1 heterocycles. The summed E-state index contributed by atoms with van der Waals surface area (Å²) in [6.45, 7) is 0. The summed E-state index contributed by atoms with van der Waals surface area (Å²) in [4.78, 5) is 17.1. The minimum atomic E-state index is -0.319. The predicted octanol–water partition coefficient (Wildman–Crippen LogP) is 1.69. The van der Waals surface area contributed by atoms with Crippen LogP contribution in [0.1, 0.15) is 0 Å². The molecule has 1 aromatic carbocycles. The van der Waals surface area contributed by atoms with E-state index in [4.69, 9.17) is 0 Å². The smallest absolute Gasteiger partial charge is 0.305 e. The lowest BCUT2D eigenvalue weighted by atomic mass is 10.2. The van der Waals surface area contributed by atoms with Gasteiger partial charge in [0.15, 0.2) is 0 Å². The van der Waals surface area contributed by atoms with Crippen molar-refractivity contribution in [2.45, 2.75) is 0 Å². The fourth-order valence-corrected chi connectivity index (χ4v) is 1.39. The first-order chi connectivity index (χ1) is 5.75. The lowest BCUT2D eigenvalue weighted by Gasteiger charge is -1.95. The maximum Gasteiger partial charge on any atom is 0.345 e. The van der Waals surface area contributed by atoms with E-state index in [9.17, 15) is 4.79 Å². The Labute approximate surface area is 76.6 Å². The van der Waals surface area contributed by atoms with E-state index in [-0.39, 0.29) is 5.69 Å². The molecule has 60 valence electrons. The quantitative estimate of drug-likeness (QED) is 0.741. The number of hydrogen-bond acceptors (Lipinski definition) is 2. The Bertz CT molecular complexity index is 478. The molecule has 0 radical (unpaired) electrons. The van der Waals surface area contributed by atoms with Crippen LogP contribution < -0.4 is 5.69 Å². The third-order valence-electron chi connectivity index (χ3n) is 1.58. The first-order valence-electron chi connectivity index (χ1n) is 3.40. The Morgan fingerprint density at radius 1 is 1.42 bits per heavy atom. The summed E-state index contributed by atoms with van der Waals surface area (Å²) in [6.07, 6.45) is 1.56. The number of aromatic amines is 1. The fraction of sp³-hybridized carbons (Fsp3) is 0. The number of aromatic nitrogens is 2. The minimum absolute atomic E-state index is 0.319. The van der Waals surface area contributed by atoms with Crippen LogP contribution in [0.5, 0.6) is 0 Å². The van der Waals surface area contributed by atoms with Crippen LogP contribution in [-0.2, 0) is 0 Å². The van der Waals surface area contributed by atoms with Crippen molar-refractivity contribution in [2.75, 3.05) is 0 Å². The molecule has 0 saturated heterocycles. The molecular formula is C8H5BrN2O. The van der Waals surface area contributed by atoms with E-state index in [0.717, 1.165) is 15.4 Å². The molecule has 2 aromatic rings. The largest absolute Gasteiger partial charge is 0.345 e. The highest BCUT2D eigenvalue weighted by Crippen LogP contribution is 2.15. The number of benzene rings is 1. The highest BCUT2D eigenvalue weighted by molar-refractivity contribution is 9.10. The lowest BCUT2D eigenvalue weighted by Crippen LogP contribution is -2.08. The maximum atomic E-state index is 10.8. The van der Waals surface area contributed by atoms with Crippen LogP contribution in [0.2, 0.25) is 0 Å². The molecule has 0 spiro atoms. The van der Waals surface area contributed by atoms with E-state index in [1.807, 2.05) is 18.2 Å². The van der Waals surface area contributed by atoms with Gasteiger partial charge in [-0.25, -0.2) is 9.78 Å². The number of H-pyrrole nitrogens is 1. The molecule has 0 aliphatic carbocycles. The summed E-state index contributed by atoms with van der Waals surface area (Å²) in [7, 11) is 0. The summed E-state index contributed by atoms with van der Waals surface area (Å²) in [5, 5.41) is 0.929. The molecule has 4 heteroatoms. The van der Waals surface area contributed by atoms with Crippen LogP contribution in [0.15, 0.2) is 33.7 Å². The van der Waals surface area contributed by atoms with E-state index in [1.165, 1.54) is 0 Å². The second-order valence-corrected chi connectivity index (χ2v) is 3.34. The molecule has 12 heavy (non-hydrogen) atoms. The Balaban J connectivity index is 2.89. The molecule has 2 rings (SSSR count). The Kier molecular flexibility index (Phi) is 1.69. The van der Waals surface area contributed by atoms with Crippen molar-refractivity contribution in [3.05, 3.63) is 39.4 Å². The zero-order valence-electron chi connectivity index (χ0n) is 6.04. The predicted molar refractivity (Wildman–Crippen MR) is 50.1 cm³/mol. The molecule has 0 aliphatic heterocycles. The van der Waals surface area contributed by atoms with Crippen LogP contribution >= 0.6 is 15.9 Å². The average molecular weight is 225 g/mol. The Morgan fingerprint density at radius 2 is 2.25 bits per heavy atom. The van der Waals surface area contributed by atoms with Gasteiger partial charge >= 0.3 is 5.69 Å². The van der Waals surface area contributed by atoms with Crippen molar-refractivity contribution in [2.24, 2.45) is 0 Å². The summed E-state index contributed by atoms with van der Waals surface area (Å²) in [6, 6.07) is 5.64. The van der Waals surface area contributed by atoms with Crippen molar-refractivity contribution >= 4 is 26.8 Å². The second-order valence-electron chi connectivity index (χ2n) is 2.42. The second kappa shape index (κ2) is 2.71. The number of nitrogens with one attached hydrogen (secondary N) is 1. The normalized spacial score (nSPS) is 10.4. The van der Waals surface area contributed by atoms with Gasteiger partial charge in [-0.2, -0.15) is 0 Å². The first kappa shape index (κ1) is 7.49. The molecule has 0 amide bonds. The van der Waals surface area contributed by atoms with Crippen LogP contribution in [-0.4, -0.2) is 9.97 Å². The van der Waals surface area contributed by atoms with E-state index < -0.39 is 0 Å². The highest BCUT2D eigenvalue weighted by Gasteiger charge is 1.94. The van der Waals surface area contributed by atoms with Crippen LogP contribution in [0.25, 0.3) is 10.9 Å². The fourth-order valence-electron chi connectivity index (χ4n) is 1.02. The van der Waals surface area contributed by atoms with Crippen molar-refractivity contribution in [1.29, 1.82) is 0 Å². The standard InChI is InChI=1S/C8H5BrN2O/c9-6-2-1-5-4-10-8(12)11-7(5)3-6/h1-4H,(H,10,11,12). The van der Waals surface area contributed by atoms with Gasteiger partial charge in [0.25, 0.3) is 0 Å². The summed E-state index contributed by atoms with van der Waals surface area (Å²) in [5.41, 5.74) is 0.477. The van der Waals surface area contributed by atoms with Crippen LogP contribution in [0.4, 0.5) is 0 Å². The lowest BCUT2D eigenvalue weighted by molar-refractivity contribution is 1.12. The zero-order valence-corrected chi connectivity index (χ0v) is 7.63. The van der Waals surface area contributed by atoms with Crippen molar-refractivity contribution in [1.82, 2.24) is 9.97 Å². The SMILES string of the molecule is O=c1ncc2ccc(Br)cc2[nH]1. The molecule has 1 aromatic heterocycles. The molecule has 1 N–H and O–H groups in total. The molecule has 3 nitrogen and oxygen atoms in total. The minimum Gasteiger partial charge on any atom is -0.305 e. The number of nitrogens with zero attached hydrogens (tertiary/aromatic N) is 1. The van der Waals surface area contributed by atoms with Crippen molar-refractivity contribution in [3.8, 4) is 0 Å². The van der Waals surface area contributed by atoms with E-state index >= 15 is 0 Å². The van der Waals surface area contributed by atoms with E-state index in [0.29, 0.717) is 0 Å². The Morgan fingerprint density at radius 3 is 3.08 bits per heavy atom. The zero-order chi connectivity index (χ0) is 8.55. The Hall–Kier alpha value is -1.16. The van der Waals surface area contributed by atoms with Crippen LogP contribution in [0.3, 0.4) is 0 Å².